The summed E-state index contributed by atoms with van der Waals surface area (Å²) in [6.07, 6.45) is -0.495. The SMILES string of the molecule is CC(=O)CC(OC(c1ccccc1)(c1ccccc1)c1ccccc1)c1ccc([N+](=O)[O-])cc1. The zero-order valence-corrected chi connectivity index (χ0v) is 18.8. The number of benzene rings is 4. The largest absolute Gasteiger partial charge is 0.352 e. The van der Waals surface area contributed by atoms with E-state index in [9.17, 15) is 14.9 Å². The lowest BCUT2D eigenvalue weighted by Gasteiger charge is -2.39. The van der Waals surface area contributed by atoms with Gasteiger partial charge in [-0.15, -0.1) is 0 Å². The molecule has 5 heteroatoms. The average molecular weight is 452 g/mol. The molecule has 0 aromatic heterocycles. The van der Waals surface area contributed by atoms with Crippen molar-refractivity contribution in [2.75, 3.05) is 0 Å². The highest BCUT2D eigenvalue weighted by Crippen LogP contribution is 2.44. The summed E-state index contributed by atoms with van der Waals surface area (Å²) in [6, 6.07) is 35.9. The number of rotatable bonds is 9. The summed E-state index contributed by atoms with van der Waals surface area (Å²) in [7, 11) is 0. The zero-order chi connectivity index (χ0) is 24.0. The summed E-state index contributed by atoms with van der Waals surface area (Å²) in [5.74, 6) is -0.0357. The van der Waals surface area contributed by atoms with Crippen LogP contribution in [0.1, 0.15) is 41.7 Å². The highest BCUT2D eigenvalue weighted by atomic mass is 16.6. The number of hydrogen-bond acceptors (Lipinski definition) is 4. The molecule has 0 bridgehead atoms. The second-order valence-corrected chi connectivity index (χ2v) is 8.14. The molecule has 4 aromatic rings. The summed E-state index contributed by atoms with van der Waals surface area (Å²) in [4.78, 5) is 23.0. The van der Waals surface area contributed by atoms with Gasteiger partial charge in [0.2, 0.25) is 0 Å². The first-order valence-electron chi connectivity index (χ1n) is 11.1. The molecule has 0 aliphatic carbocycles. The van der Waals surface area contributed by atoms with Crippen LogP contribution in [0.15, 0.2) is 115 Å². The number of hydrogen-bond donors (Lipinski definition) is 0. The van der Waals surface area contributed by atoms with Crippen LogP contribution in [0.4, 0.5) is 5.69 Å². The Balaban J connectivity index is 1.93. The first-order chi connectivity index (χ1) is 16.5. The molecule has 5 nitrogen and oxygen atoms in total. The molecule has 1 atom stereocenters. The maximum Gasteiger partial charge on any atom is 0.269 e. The third-order valence-corrected chi connectivity index (χ3v) is 5.81. The fraction of sp³-hybridized carbons (Fsp3) is 0.138. The summed E-state index contributed by atoms with van der Waals surface area (Å²) in [5.41, 5.74) is 2.44. The molecule has 0 heterocycles. The van der Waals surface area contributed by atoms with Crippen LogP contribution in [-0.4, -0.2) is 10.7 Å². The second-order valence-electron chi connectivity index (χ2n) is 8.14. The smallest absolute Gasteiger partial charge is 0.269 e. The van der Waals surface area contributed by atoms with Crippen LogP contribution < -0.4 is 0 Å². The molecule has 4 aromatic carbocycles. The van der Waals surface area contributed by atoms with Crippen molar-refractivity contribution >= 4 is 11.5 Å². The molecule has 0 N–H and O–H groups in total. The van der Waals surface area contributed by atoms with Gasteiger partial charge in [-0.05, 0) is 41.3 Å². The molecular formula is C29H25NO4. The Bertz CT molecular complexity index is 1140. The van der Waals surface area contributed by atoms with E-state index in [1.807, 2.05) is 91.0 Å². The van der Waals surface area contributed by atoms with Gasteiger partial charge in [-0.3, -0.25) is 14.9 Å². The molecule has 0 amide bonds. The molecule has 0 radical (unpaired) electrons. The molecule has 0 saturated carbocycles. The monoisotopic (exact) mass is 451 g/mol. The van der Waals surface area contributed by atoms with Crippen molar-refractivity contribution < 1.29 is 14.5 Å². The Morgan fingerprint density at radius 2 is 1.18 bits per heavy atom. The molecule has 34 heavy (non-hydrogen) atoms. The van der Waals surface area contributed by atoms with E-state index in [1.165, 1.54) is 19.1 Å². The Hall–Kier alpha value is -4.09. The number of carbonyl (C=O) groups is 1. The Morgan fingerprint density at radius 3 is 1.53 bits per heavy atom. The van der Waals surface area contributed by atoms with Gasteiger partial charge in [0.25, 0.3) is 5.69 Å². The van der Waals surface area contributed by atoms with Crippen LogP contribution in [0, 0.1) is 10.1 Å². The van der Waals surface area contributed by atoms with Gasteiger partial charge in [-0.25, -0.2) is 0 Å². The molecule has 0 fully saturated rings. The van der Waals surface area contributed by atoms with E-state index < -0.39 is 16.6 Å². The van der Waals surface area contributed by atoms with Crippen LogP contribution in [0.5, 0.6) is 0 Å². The van der Waals surface area contributed by atoms with Gasteiger partial charge >= 0.3 is 0 Å². The lowest BCUT2D eigenvalue weighted by Crippen LogP contribution is -2.35. The molecular weight excluding hydrogens is 426 g/mol. The second kappa shape index (κ2) is 10.2. The number of ketones is 1. The number of nitrogens with zero attached hydrogens (tertiary/aromatic N) is 1. The molecule has 0 saturated heterocycles. The van der Waals surface area contributed by atoms with Gasteiger partial charge in [0.05, 0.1) is 11.0 Å². The van der Waals surface area contributed by atoms with Crippen molar-refractivity contribution in [1.82, 2.24) is 0 Å². The van der Waals surface area contributed by atoms with E-state index in [4.69, 9.17) is 4.74 Å². The quantitative estimate of drug-likeness (QED) is 0.163. The molecule has 0 aliphatic rings. The van der Waals surface area contributed by atoms with E-state index in [0.29, 0.717) is 5.56 Å². The average Bonchev–Trinajstić information content (AvgIpc) is 2.88. The summed E-state index contributed by atoms with van der Waals surface area (Å²) >= 11 is 0. The first-order valence-corrected chi connectivity index (χ1v) is 11.1. The van der Waals surface area contributed by atoms with Gasteiger partial charge in [-0.2, -0.15) is 0 Å². The standard InChI is InChI=1S/C29H25NO4/c1-22(31)21-28(23-17-19-27(20-18-23)30(32)33)34-29(24-11-5-2-6-12-24,25-13-7-3-8-14-25)26-15-9-4-10-16-26/h2-20,28H,21H2,1H3. The topological polar surface area (TPSA) is 69.4 Å². The molecule has 1 unspecified atom stereocenters. The highest BCUT2D eigenvalue weighted by molar-refractivity contribution is 5.76. The van der Waals surface area contributed by atoms with E-state index in [2.05, 4.69) is 0 Å². The van der Waals surface area contributed by atoms with Crippen LogP contribution in [0.25, 0.3) is 0 Å². The van der Waals surface area contributed by atoms with Gasteiger partial charge in [0, 0.05) is 18.6 Å². The minimum atomic E-state index is -1.01. The summed E-state index contributed by atoms with van der Waals surface area (Å²) in [5, 5.41) is 11.2. The number of nitro groups is 1. The van der Waals surface area contributed by atoms with E-state index in [1.54, 1.807) is 12.1 Å². The summed E-state index contributed by atoms with van der Waals surface area (Å²) in [6.45, 7) is 1.52. The third kappa shape index (κ3) is 4.80. The van der Waals surface area contributed by atoms with Gasteiger partial charge < -0.3 is 4.74 Å². The predicted octanol–water partition coefficient (Wildman–Crippen LogP) is 6.62. The van der Waals surface area contributed by atoms with Gasteiger partial charge in [0.15, 0.2) is 0 Å². The fourth-order valence-corrected chi connectivity index (χ4v) is 4.24. The number of Topliss-reactive ketones (excluding diaryl/α,β-unsaturated/α-hetero) is 1. The van der Waals surface area contributed by atoms with Crippen molar-refractivity contribution in [2.24, 2.45) is 0 Å². The van der Waals surface area contributed by atoms with E-state index >= 15 is 0 Å². The fourth-order valence-electron chi connectivity index (χ4n) is 4.24. The zero-order valence-electron chi connectivity index (χ0n) is 18.8. The van der Waals surface area contributed by atoms with Crippen LogP contribution in [0.2, 0.25) is 0 Å². The predicted molar refractivity (Wildman–Crippen MR) is 131 cm³/mol. The minimum absolute atomic E-state index is 0.00855. The van der Waals surface area contributed by atoms with Crippen LogP contribution >= 0.6 is 0 Å². The maximum absolute atomic E-state index is 12.3. The number of ether oxygens (including phenoxy) is 1. The van der Waals surface area contributed by atoms with E-state index in [0.717, 1.165) is 16.7 Å². The van der Waals surface area contributed by atoms with Crippen LogP contribution in [0.3, 0.4) is 0 Å². The summed E-state index contributed by atoms with van der Waals surface area (Å²) < 4.78 is 7.00. The molecule has 4 rings (SSSR count). The first kappa shape index (κ1) is 23.1. The Kier molecular flexibility index (Phi) is 6.95. The van der Waals surface area contributed by atoms with Crippen molar-refractivity contribution in [2.45, 2.75) is 25.0 Å². The molecule has 170 valence electrons. The Labute approximate surface area is 198 Å². The minimum Gasteiger partial charge on any atom is -0.352 e. The van der Waals surface area contributed by atoms with Crippen molar-refractivity contribution in [1.29, 1.82) is 0 Å². The lowest BCUT2D eigenvalue weighted by atomic mass is 9.79. The van der Waals surface area contributed by atoms with Gasteiger partial charge in [-0.1, -0.05) is 91.0 Å². The number of non-ortho nitro benzene ring substituents is 1. The third-order valence-electron chi connectivity index (χ3n) is 5.81. The van der Waals surface area contributed by atoms with Crippen molar-refractivity contribution in [3.05, 3.63) is 148 Å². The van der Waals surface area contributed by atoms with Crippen molar-refractivity contribution in [3.63, 3.8) is 0 Å². The molecule has 0 aliphatic heterocycles. The Morgan fingerprint density at radius 1 is 0.765 bits per heavy atom. The number of nitro benzene ring substituents is 1. The normalized spacial score (nSPS) is 12.1. The lowest BCUT2D eigenvalue weighted by molar-refractivity contribution is -0.384. The van der Waals surface area contributed by atoms with Crippen molar-refractivity contribution in [3.8, 4) is 0 Å². The molecule has 0 spiro atoms. The van der Waals surface area contributed by atoms with E-state index in [-0.39, 0.29) is 17.9 Å². The number of carbonyl (C=O) groups excluding carboxylic acids is 1. The van der Waals surface area contributed by atoms with Gasteiger partial charge in [0.1, 0.15) is 11.4 Å². The highest BCUT2D eigenvalue weighted by Gasteiger charge is 2.40. The van der Waals surface area contributed by atoms with Crippen LogP contribution in [-0.2, 0) is 15.1 Å². The maximum atomic E-state index is 12.3.